The molecule has 9 nitrogen and oxygen atoms in total. The van der Waals surface area contributed by atoms with E-state index in [2.05, 4.69) is 36.6 Å². The first-order chi connectivity index (χ1) is 18.5. The monoisotopic (exact) mass is 516 g/mol. The van der Waals surface area contributed by atoms with Gasteiger partial charge in [-0.05, 0) is 57.9 Å². The smallest absolute Gasteiger partial charge is 0.254 e. The summed E-state index contributed by atoms with van der Waals surface area (Å²) in [7, 11) is 0. The Morgan fingerprint density at radius 1 is 0.868 bits per heavy atom. The van der Waals surface area contributed by atoms with Gasteiger partial charge in [-0.1, -0.05) is 12.1 Å². The van der Waals surface area contributed by atoms with E-state index in [1.165, 1.54) is 0 Å². The average Bonchev–Trinajstić information content (AvgIpc) is 3.38. The molecule has 0 radical (unpaired) electrons. The Morgan fingerprint density at radius 2 is 1.63 bits per heavy atom. The number of carbonyl (C=O) groups is 1. The van der Waals surface area contributed by atoms with Crippen molar-refractivity contribution in [2.24, 2.45) is 0 Å². The summed E-state index contributed by atoms with van der Waals surface area (Å²) in [6.45, 7) is 11.4. The molecule has 1 unspecified atom stereocenters. The normalized spacial score (nSPS) is 24.3. The first-order valence-corrected chi connectivity index (χ1v) is 13.8. The number of likely N-dealkylation sites (tertiary alicyclic amines) is 1. The topological polar surface area (TPSA) is 83.9 Å². The van der Waals surface area contributed by atoms with Crippen molar-refractivity contribution in [3.8, 4) is 11.3 Å². The molecule has 0 N–H and O–H groups in total. The lowest BCUT2D eigenvalue weighted by atomic mass is 10.1. The Morgan fingerprint density at radius 3 is 2.34 bits per heavy atom. The average molecular weight is 517 g/mol. The molecule has 38 heavy (non-hydrogen) atoms. The lowest BCUT2D eigenvalue weighted by Gasteiger charge is -2.37. The highest BCUT2D eigenvalue weighted by Gasteiger charge is 2.28. The van der Waals surface area contributed by atoms with Crippen molar-refractivity contribution < 1.29 is 14.3 Å². The molecule has 0 saturated carbocycles. The summed E-state index contributed by atoms with van der Waals surface area (Å²) < 4.78 is 11.4. The van der Waals surface area contributed by atoms with E-state index in [-0.39, 0.29) is 24.0 Å². The molecular formula is C29H36N6O3. The van der Waals surface area contributed by atoms with Gasteiger partial charge in [0.25, 0.3) is 5.91 Å². The Kier molecular flexibility index (Phi) is 6.88. The Bertz CT molecular complexity index is 1330. The van der Waals surface area contributed by atoms with Crippen molar-refractivity contribution >= 4 is 28.7 Å². The van der Waals surface area contributed by atoms with Gasteiger partial charge in [-0.2, -0.15) is 9.97 Å². The fourth-order valence-corrected chi connectivity index (χ4v) is 5.77. The number of benzene rings is 1. The van der Waals surface area contributed by atoms with Gasteiger partial charge in [-0.3, -0.25) is 4.79 Å². The van der Waals surface area contributed by atoms with Crippen LogP contribution in [0.1, 0.15) is 44.0 Å². The minimum absolute atomic E-state index is 0.0900. The maximum Gasteiger partial charge on any atom is 0.254 e. The van der Waals surface area contributed by atoms with E-state index in [0.29, 0.717) is 43.6 Å². The van der Waals surface area contributed by atoms with Gasteiger partial charge in [0.1, 0.15) is 5.82 Å². The highest BCUT2D eigenvalue weighted by atomic mass is 16.5. The van der Waals surface area contributed by atoms with Gasteiger partial charge < -0.3 is 24.2 Å². The van der Waals surface area contributed by atoms with Crippen LogP contribution in [-0.4, -0.2) is 89.9 Å². The molecule has 3 aromatic rings. The zero-order valence-corrected chi connectivity index (χ0v) is 22.5. The lowest BCUT2D eigenvalue weighted by Crippen LogP contribution is -2.46. The van der Waals surface area contributed by atoms with E-state index >= 15 is 0 Å². The number of pyridine rings is 1. The molecule has 3 aliphatic rings. The van der Waals surface area contributed by atoms with Crippen molar-refractivity contribution in [1.82, 2.24) is 19.9 Å². The van der Waals surface area contributed by atoms with E-state index in [4.69, 9.17) is 24.4 Å². The third-order valence-electron chi connectivity index (χ3n) is 8.01. The number of nitrogens with zero attached hydrogens (tertiary/aromatic N) is 6. The molecule has 2 aromatic heterocycles. The molecule has 200 valence electrons. The van der Waals surface area contributed by atoms with Crippen LogP contribution in [0.5, 0.6) is 0 Å². The van der Waals surface area contributed by atoms with Crippen LogP contribution in [0.15, 0.2) is 36.4 Å². The van der Waals surface area contributed by atoms with Gasteiger partial charge in [0.15, 0.2) is 5.65 Å². The SMILES string of the molecule is CC1CCCN1C(=O)c1cccc(-c2ccc3c(N4CCOC[C@@H]4C)nc(N4CCOC[C@@H]4C)nc3n2)c1. The van der Waals surface area contributed by atoms with E-state index < -0.39 is 0 Å². The third kappa shape index (κ3) is 4.69. The van der Waals surface area contributed by atoms with Gasteiger partial charge in [0.05, 0.1) is 49.6 Å². The molecule has 1 aromatic carbocycles. The summed E-state index contributed by atoms with van der Waals surface area (Å²) in [4.78, 5) is 34.8. The number of morpholine rings is 2. The van der Waals surface area contributed by atoms with Crippen LogP contribution in [-0.2, 0) is 9.47 Å². The first kappa shape index (κ1) is 25.0. The molecule has 3 aliphatic heterocycles. The molecule has 0 spiro atoms. The number of hydrogen-bond donors (Lipinski definition) is 0. The van der Waals surface area contributed by atoms with Crippen LogP contribution in [0.2, 0.25) is 0 Å². The van der Waals surface area contributed by atoms with E-state index in [0.717, 1.165) is 54.9 Å². The fraction of sp³-hybridized carbons (Fsp3) is 0.517. The molecule has 3 atom stereocenters. The summed E-state index contributed by atoms with van der Waals surface area (Å²) in [5.74, 6) is 1.66. The van der Waals surface area contributed by atoms with Crippen molar-refractivity contribution in [2.75, 3.05) is 55.9 Å². The number of ether oxygens (including phenoxy) is 2. The van der Waals surface area contributed by atoms with Crippen LogP contribution in [0, 0.1) is 0 Å². The summed E-state index contributed by atoms with van der Waals surface area (Å²) in [6, 6.07) is 12.5. The number of carbonyl (C=O) groups excluding carboxylic acids is 1. The van der Waals surface area contributed by atoms with Crippen LogP contribution in [0.4, 0.5) is 11.8 Å². The predicted molar refractivity (Wildman–Crippen MR) is 148 cm³/mol. The molecule has 3 saturated heterocycles. The minimum Gasteiger partial charge on any atom is -0.377 e. The predicted octanol–water partition coefficient (Wildman–Crippen LogP) is 3.77. The van der Waals surface area contributed by atoms with E-state index in [9.17, 15) is 4.79 Å². The van der Waals surface area contributed by atoms with Crippen LogP contribution >= 0.6 is 0 Å². The number of anilines is 2. The molecule has 3 fully saturated rings. The van der Waals surface area contributed by atoms with Gasteiger partial charge in [0, 0.05) is 36.8 Å². The van der Waals surface area contributed by atoms with Crippen molar-refractivity contribution in [2.45, 2.75) is 51.7 Å². The van der Waals surface area contributed by atoms with Crippen LogP contribution in [0.25, 0.3) is 22.3 Å². The molecule has 6 rings (SSSR count). The van der Waals surface area contributed by atoms with Crippen molar-refractivity contribution in [3.63, 3.8) is 0 Å². The zero-order valence-electron chi connectivity index (χ0n) is 22.5. The van der Waals surface area contributed by atoms with E-state index in [1.807, 2.05) is 35.2 Å². The number of rotatable bonds is 4. The highest BCUT2D eigenvalue weighted by molar-refractivity contribution is 5.96. The fourth-order valence-electron chi connectivity index (χ4n) is 5.77. The standard InChI is InChI=1S/C29H36N6O3/c1-19-6-5-11-34(19)28(36)23-8-4-7-22(16-23)25-10-9-24-26(30-25)31-29(35-13-15-38-18-21(35)3)32-27(24)33-12-14-37-17-20(33)2/h4,7-10,16,19-21H,5-6,11-15,17-18H2,1-3H3/t19?,20-,21-/m0/s1. The Balaban J connectivity index is 1.41. The molecule has 5 heterocycles. The Hall–Kier alpha value is -3.30. The van der Waals surface area contributed by atoms with Crippen LogP contribution in [0.3, 0.4) is 0 Å². The molecule has 0 aliphatic carbocycles. The quantitative estimate of drug-likeness (QED) is 0.518. The van der Waals surface area contributed by atoms with Gasteiger partial charge in [-0.25, -0.2) is 4.98 Å². The van der Waals surface area contributed by atoms with Gasteiger partial charge >= 0.3 is 0 Å². The summed E-state index contributed by atoms with van der Waals surface area (Å²) in [6.07, 6.45) is 2.12. The molecule has 9 heteroatoms. The third-order valence-corrected chi connectivity index (χ3v) is 8.01. The largest absolute Gasteiger partial charge is 0.377 e. The number of aromatic nitrogens is 3. The summed E-state index contributed by atoms with van der Waals surface area (Å²) in [5.41, 5.74) is 3.06. The second-order valence-electron chi connectivity index (χ2n) is 10.7. The second kappa shape index (κ2) is 10.5. The Labute approximate surface area is 223 Å². The number of fused-ring (bicyclic) bond motifs is 1. The second-order valence-corrected chi connectivity index (χ2v) is 10.7. The maximum absolute atomic E-state index is 13.2. The van der Waals surface area contributed by atoms with Crippen molar-refractivity contribution in [3.05, 3.63) is 42.0 Å². The summed E-state index contributed by atoms with van der Waals surface area (Å²) >= 11 is 0. The first-order valence-electron chi connectivity index (χ1n) is 13.8. The molecular weight excluding hydrogens is 480 g/mol. The maximum atomic E-state index is 13.2. The van der Waals surface area contributed by atoms with E-state index in [1.54, 1.807) is 0 Å². The van der Waals surface area contributed by atoms with Gasteiger partial charge in [-0.15, -0.1) is 0 Å². The zero-order chi connectivity index (χ0) is 26.2. The number of amides is 1. The lowest BCUT2D eigenvalue weighted by molar-refractivity contribution is 0.0747. The van der Waals surface area contributed by atoms with Gasteiger partial charge in [0.2, 0.25) is 5.95 Å². The molecule has 1 amide bonds. The van der Waals surface area contributed by atoms with Crippen molar-refractivity contribution in [1.29, 1.82) is 0 Å². The minimum atomic E-state index is 0.0900. The number of hydrogen-bond acceptors (Lipinski definition) is 8. The highest BCUT2D eigenvalue weighted by Crippen LogP contribution is 2.31. The summed E-state index contributed by atoms with van der Waals surface area (Å²) in [5, 5.41) is 0.922. The van der Waals surface area contributed by atoms with Crippen LogP contribution < -0.4 is 9.80 Å². The molecule has 0 bridgehead atoms.